The van der Waals surface area contributed by atoms with Gasteiger partial charge in [0.25, 0.3) is 11.8 Å². The molecule has 0 heterocycles. The molecule has 136 valence electrons. The van der Waals surface area contributed by atoms with Crippen molar-refractivity contribution in [1.29, 1.82) is 0 Å². The number of nitrogens with one attached hydrogen (secondary N) is 2. The first-order chi connectivity index (χ1) is 12.6. The van der Waals surface area contributed by atoms with Crippen molar-refractivity contribution < 1.29 is 19.4 Å². The van der Waals surface area contributed by atoms with E-state index in [2.05, 4.69) is 15.8 Å². The number of hydrogen-bond donors (Lipinski definition) is 3. The van der Waals surface area contributed by atoms with E-state index in [9.17, 15) is 14.7 Å². The van der Waals surface area contributed by atoms with Crippen LogP contribution in [0.3, 0.4) is 0 Å². The number of aromatic hydroxyl groups is 1. The van der Waals surface area contributed by atoms with Crippen molar-refractivity contribution in [2.45, 2.75) is 13.3 Å². The molecule has 0 radical (unpaired) electrons. The van der Waals surface area contributed by atoms with Gasteiger partial charge in [0.15, 0.2) is 0 Å². The zero-order chi connectivity index (χ0) is 18.8. The monoisotopic (exact) mass is 355 g/mol. The maximum absolute atomic E-state index is 12.0. The van der Waals surface area contributed by atoms with E-state index >= 15 is 0 Å². The van der Waals surface area contributed by atoms with Gasteiger partial charge >= 0.3 is 0 Å². The third-order valence-corrected chi connectivity index (χ3v) is 3.33. The van der Waals surface area contributed by atoms with Gasteiger partial charge in [0.05, 0.1) is 19.4 Å². The summed E-state index contributed by atoms with van der Waals surface area (Å²) in [6.07, 6.45) is 2.23. The van der Waals surface area contributed by atoms with Gasteiger partial charge in [-0.2, -0.15) is 5.10 Å². The van der Waals surface area contributed by atoms with E-state index in [0.29, 0.717) is 23.5 Å². The molecule has 0 saturated carbocycles. The largest absolute Gasteiger partial charge is 0.507 e. The van der Waals surface area contributed by atoms with Crippen LogP contribution in [0.2, 0.25) is 0 Å². The van der Waals surface area contributed by atoms with E-state index in [4.69, 9.17) is 4.74 Å². The van der Waals surface area contributed by atoms with Gasteiger partial charge < -0.3 is 15.2 Å². The van der Waals surface area contributed by atoms with Crippen molar-refractivity contribution in [3.8, 4) is 11.5 Å². The van der Waals surface area contributed by atoms with E-state index in [0.717, 1.165) is 6.42 Å². The van der Waals surface area contributed by atoms with Crippen LogP contribution in [0.15, 0.2) is 53.6 Å². The number of nitrogens with zero attached hydrogens (tertiary/aromatic N) is 1. The van der Waals surface area contributed by atoms with Crippen LogP contribution in [0.4, 0.5) is 0 Å². The SMILES string of the molecule is CCCOc1ccc(C(=O)NCC(=O)N/N=C/c2ccccc2O)cc1. The Kier molecular flexibility index (Phi) is 7.17. The highest BCUT2D eigenvalue weighted by Gasteiger charge is 2.08. The summed E-state index contributed by atoms with van der Waals surface area (Å²) >= 11 is 0. The molecule has 0 aliphatic rings. The molecule has 0 atom stereocenters. The fraction of sp³-hybridized carbons (Fsp3) is 0.211. The molecule has 7 heteroatoms. The number of ether oxygens (including phenoxy) is 1. The molecule has 0 saturated heterocycles. The quantitative estimate of drug-likeness (QED) is 0.498. The van der Waals surface area contributed by atoms with Crippen LogP contribution in [0.5, 0.6) is 11.5 Å². The van der Waals surface area contributed by atoms with Gasteiger partial charge in [-0.1, -0.05) is 19.1 Å². The number of carbonyl (C=O) groups excluding carboxylic acids is 2. The number of hydrazone groups is 1. The highest BCUT2D eigenvalue weighted by atomic mass is 16.5. The second-order valence-electron chi connectivity index (χ2n) is 5.41. The lowest BCUT2D eigenvalue weighted by atomic mass is 10.2. The number of benzene rings is 2. The predicted octanol–water partition coefficient (Wildman–Crippen LogP) is 2.06. The lowest BCUT2D eigenvalue weighted by Crippen LogP contribution is -2.34. The Morgan fingerprint density at radius 1 is 1.15 bits per heavy atom. The first-order valence-electron chi connectivity index (χ1n) is 8.21. The summed E-state index contributed by atoms with van der Waals surface area (Å²) in [5.74, 6) is -0.0930. The number of hydrogen-bond acceptors (Lipinski definition) is 5. The molecule has 0 aliphatic carbocycles. The number of para-hydroxylation sites is 1. The maximum atomic E-state index is 12.0. The number of rotatable bonds is 8. The molecule has 26 heavy (non-hydrogen) atoms. The molecule has 0 aliphatic heterocycles. The zero-order valence-electron chi connectivity index (χ0n) is 14.4. The topological polar surface area (TPSA) is 100 Å². The predicted molar refractivity (Wildman–Crippen MR) is 98.4 cm³/mol. The van der Waals surface area contributed by atoms with Gasteiger partial charge in [0, 0.05) is 11.1 Å². The van der Waals surface area contributed by atoms with Crippen LogP contribution in [0.1, 0.15) is 29.3 Å². The Hall–Kier alpha value is -3.35. The minimum Gasteiger partial charge on any atom is -0.507 e. The average molecular weight is 355 g/mol. The standard InChI is InChI=1S/C19H21N3O4/c1-2-11-26-16-9-7-14(8-10-16)19(25)20-13-18(24)22-21-12-15-5-3-4-6-17(15)23/h3-10,12,23H,2,11,13H2,1H3,(H,20,25)(H,22,24)/b21-12+. The third kappa shape index (κ3) is 5.94. The molecular formula is C19H21N3O4. The minimum atomic E-state index is -0.479. The van der Waals surface area contributed by atoms with Crippen molar-refractivity contribution >= 4 is 18.0 Å². The summed E-state index contributed by atoms with van der Waals surface area (Å²) in [4.78, 5) is 23.7. The van der Waals surface area contributed by atoms with Crippen molar-refractivity contribution in [3.63, 3.8) is 0 Å². The van der Waals surface area contributed by atoms with Gasteiger partial charge in [0.2, 0.25) is 0 Å². The normalized spacial score (nSPS) is 10.5. The van der Waals surface area contributed by atoms with E-state index < -0.39 is 5.91 Å². The Balaban J connectivity index is 1.77. The molecule has 0 unspecified atom stereocenters. The van der Waals surface area contributed by atoms with Crippen molar-refractivity contribution in [2.75, 3.05) is 13.2 Å². The van der Waals surface area contributed by atoms with Gasteiger partial charge in [-0.25, -0.2) is 5.43 Å². The lowest BCUT2D eigenvalue weighted by Gasteiger charge is -2.07. The summed E-state index contributed by atoms with van der Waals surface area (Å²) in [7, 11) is 0. The van der Waals surface area contributed by atoms with Crippen LogP contribution < -0.4 is 15.5 Å². The fourth-order valence-corrected chi connectivity index (χ4v) is 2.00. The second-order valence-corrected chi connectivity index (χ2v) is 5.41. The molecule has 0 aromatic heterocycles. The highest BCUT2D eigenvalue weighted by Crippen LogP contribution is 2.13. The first kappa shape index (κ1) is 19.0. The number of amides is 2. The summed E-state index contributed by atoms with van der Waals surface area (Å²) < 4.78 is 5.45. The van der Waals surface area contributed by atoms with E-state index in [1.807, 2.05) is 6.92 Å². The maximum Gasteiger partial charge on any atom is 0.259 e. The smallest absolute Gasteiger partial charge is 0.259 e. The number of phenolic OH excluding ortho intramolecular Hbond substituents is 1. The van der Waals surface area contributed by atoms with E-state index in [1.54, 1.807) is 42.5 Å². The van der Waals surface area contributed by atoms with Crippen LogP contribution in [0, 0.1) is 0 Å². The van der Waals surface area contributed by atoms with Gasteiger partial charge in [-0.05, 0) is 42.8 Å². The first-order valence-corrected chi connectivity index (χ1v) is 8.21. The Bertz CT molecular complexity index is 773. The lowest BCUT2D eigenvalue weighted by molar-refractivity contribution is -0.120. The molecule has 0 bridgehead atoms. The van der Waals surface area contributed by atoms with Crippen LogP contribution in [-0.2, 0) is 4.79 Å². The summed E-state index contributed by atoms with van der Waals surface area (Å²) in [5, 5.41) is 15.8. The van der Waals surface area contributed by atoms with Crippen LogP contribution >= 0.6 is 0 Å². The molecule has 0 spiro atoms. The van der Waals surface area contributed by atoms with Crippen molar-refractivity contribution in [1.82, 2.24) is 10.7 Å². The molecular weight excluding hydrogens is 334 g/mol. The third-order valence-electron chi connectivity index (χ3n) is 3.33. The Morgan fingerprint density at radius 3 is 2.58 bits per heavy atom. The van der Waals surface area contributed by atoms with Gasteiger partial charge in [-0.3, -0.25) is 9.59 Å². The Morgan fingerprint density at radius 2 is 1.88 bits per heavy atom. The average Bonchev–Trinajstić information content (AvgIpc) is 2.66. The van der Waals surface area contributed by atoms with Crippen LogP contribution in [-0.4, -0.2) is 36.3 Å². The molecule has 2 rings (SSSR count). The number of carbonyl (C=O) groups is 2. The zero-order valence-corrected chi connectivity index (χ0v) is 14.4. The highest BCUT2D eigenvalue weighted by molar-refractivity contribution is 5.96. The summed E-state index contributed by atoms with van der Waals surface area (Å²) in [6.45, 7) is 2.41. The van der Waals surface area contributed by atoms with Crippen molar-refractivity contribution in [3.05, 3.63) is 59.7 Å². The fourth-order valence-electron chi connectivity index (χ4n) is 2.00. The summed E-state index contributed by atoms with van der Waals surface area (Å²) in [6, 6.07) is 13.3. The molecule has 2 aromatic carbocycles. The van der Waals surface area contributed by atoms with E-state index in [-0.39, 0.29) is 18.2 Å². The molecule has 3 N–H and O–H groups in total. The Labute approximate surface area is 151 Å². The minimum absolute atomic E-state index is 0.0603. The molecule has 7 nitrogen and oxygen atoms in total. The van der Waals surface area contributed by atoms with Gasteiger partial charge in [0.1, 0.15) is 11.5 Å². The second kappa shape index (κ2) is 9.83. The summed E-state index contributed by atoms with van der Waals surface area (Å²) in [5.41, 5.74) is 3.19. The van der Waals surface area contributed by atoms with Crippen LogP contribution in [0.25, 0.3) is 0 Å². The molecule has 0 fully saturated rings. The van der Waals surface area contributed by atoms with E-state index in [1.165, 1.54) is 12.3 Å². The van der Waals surface area contributed by atoms with Gasteiger partial charge in [-0.15, -0.1) is 0 Å². The number of phenols is 1. The molecule has 2 amide bonds. The van der Waals surface area contributed by atoms with Crippen molar-refractivity contribution in [2.24, 2.45) is 5.10 Å². The molecule has 2 aromatic rings.